The third-order valence-electron chi connectivity index (χ3n) is 4.53. The van der Waals surface area contributed by atoms with E-state index in [1.807, 2.05) is 23.1 Å². The Balaban J connectivity index is 1.87. The van der Waals surface area contributed by atoms with Gasteiger partial charge in [0.25, 0.3) is 0 Å². The Kier molecular flexibility index (Phi) is 3.67. The molecular weight excluding hydrogens is 270 g/mol. The van der Waals surface area contributed by atoms with Crippen LogP contribution in [0.5, 0.6) is 5.75 Å². The Bertz CT molecular complexity index is 507. The number of hydrogen-bond acceptors (Lipinski definition) is 3. The number of thioether (sulfide) groups is 1. The van der Waals surface area contributed by atoms with Gasteiger partial charge in [0.15, 0.2) is 0 Å². The molecule has 1 atom stereocenters. The number of hydrogen-bond donors (Lipinski definition) is 0. The molecule has 0 radical (unpaired) electrons. The average Bonchev–Trinajstić information content (AvgIpc) is 2.58. The van der Waals surface area contributed by atoms with E-state index in [1.165, 1.54) is 6.42 Å². The molecule has 108 valence electrons. The number of para-hydroxylation sites is 1. The zero-order valence-electron chi connectivity index (χ0n) is 12.1. The lowest BCUT2D eigenvalue weighted by Gasteiger charge is -2.43. The van der Waals surface area contributed by atoms with Crippen LogP contribution in [-0.4, -0.2) is 34.5 Å². The maximum atomic E-state index is 13.0. The minimum Gasteiger partial charge on any atom is -0.491 e. The minimum absolute atomic E-state index is 0.125. The van der Waals surface area contributed by atoms with Gasteiger partial charge in [-0.1, -0.05) is 18.2 Å². The molecule has 0 spiro atoms. The molecule has 0 saturated heterocycles. The van der Waals surface area contributed by atoms with Crippen molar-refractivity contribution in [2.45, 2.75) is 43.5 Å². The molecular formula is C16H21NO2S. The van der Waals surface area contributed by atoms with Crippen LogP contribution in [0.2, 0.25) is 0 Å². The largest absolute Gasteiger partial charge is 0.491 e. The summed E-state index contributed by atoms with van der Waals surface area (Å²) < 4.78 is 5.67. The first-order chi connectivity index (χ1) is 9.66. The Morgan fingerprint density at radius 1 is 1.40 bits per heavy atom. The van der Waals surface area contributed by atoms with E-state index >= 15 is 0 Å². The van der Waals surface area contributed by atoms with E-state index in [-0.39, 0.29) is 10.8 Å². The molecule has 0 bridgehead atoms. The number of nitrogens with zero attached hydrogens (tertiary/aromatic N) is 1. The Morgan fingerprint density at radius 3 is 2.80 bits per heavy atom. The average molecular weight is 291 g/mol. The van der Waals surface area contributed by atoms with E-state index < -0.39 is 0 Å². The van der Waals surface area contributed by atoms with Crippen LogP contribution in [-0.2, 0) is 11.3 Å². The highest BCUT2D eigenvalue weighted by atomic mass is 32.2. The molecule has 1 saturated carbocycles. The molecule has 0 unspecified atom stereocenters. The zero-order chi connectivity index (χ0) is 14.2. The Hall–Kier alpha value is -1.16. The van der Waals surface area contributed by atoms with Crippen molar-refractivity contribution in [1.82, 2.24) is 4.90 Å². The molecule has 0 N–H and O–H groups in total. The highest BCUT2D eigenvalue weighted by Crippen LogP contribution is 2.45. The van der Waals surface area contributed by atoms with Gasteiger partial charge in [0.1, 0.15) is 12.4 Å². The molecule has 3 nitrogen and oxygen atoms in total. The Morgan fingerprint density at radius 2 is 2.15 bits per heavy atom. The highest BCUT2D eigenvalue weighted by molar-refractivity contribution is 8.00. The molecule has 2 aliphatic rings. The molecule has 20 heavy (non-hydrogen) atoms. The summed E-state index contributed by atoms with van der Waals surface area (Å²) >= 11 is 1.72. The topological polar surface area (TPSA) is 29.5 Å². The molecule has 4 heteroatoms. The van der Waals surface area contributed by atoms with Crippen molar-refractivity contribution in [3.8, 4) is 5.75 Å². The molecule has 0 aromatic heterocycles. The van der Waals surface area contributed by atoms with Gasteiger partial charge < -0.3 is 9.64 Å². The fourth-order valence-electron chi connectivity index (χ4n) is 2.95. The number of rotatable bonds is 2. The zero-order valence-corrected chi connectivity index (χ0v) is 12.9. The van der Waals surface area contributed by atoms with Crippen molar-refractivity contribution in [2.24, 2.45) is 0 Å². The van der Waals surface area contributed by atoms with E-state index in [4.69, 9.17) is 4.74 Å². The quantitative estimate of drug-likeness (QED) is 0.838. The summed E-state index contributed by atoms with van der Waals surface area (Å²) in [5.74, 6) is 1.21. The first-order valence-electron chi connectivity index (χ1n) is 7.23. The van der Waals surface area contributed by atoms with Crippen LogP contribution < -0.4 is 4.74 Å². The smallest absolute Gasteiger partial charge is 0.239 e. The highest BCUT2D eigenvalue weighted by Gasteiger charge is 2.47. The monoisotopic (exact) mass is 291 g/mol. The van der Waals surface area contributed by atoms with E-state index in [9.17, 15) is 4.79 Å². The molecule has 1 fully saturated rings. The van der Waals surface area contributed by atoms with Gasteiger partial charge in [0, 0.05) is 12.1 Å². The summed E-state index contributed by atoms with van der Waals surface area (Å²) in [6.45, 7) is 3.32. The van der Waals surface area contributed by atoms with Gasteiger partial charge in [-0.25, -0.2) is 0 Å². The number of fused-ring (bicyclic) bond motifs is 1. The first kappa shape index (κ1) is 13.8. The lowest BCUT2D eigenvalue weighted by atomic mass is 9.82. The van der Waals surface area contributed by atoms with Crippen LogP contribution in [0, 0.1) is 0 Å². The van der Waals surface area contributed by atoms with Crippen LogP contribution >= 0.6 is 11.8 Å². The number of ether oxygens (including phenoxy) is 1. The van der Waals surface area contributed by atoms with Crippen molar-refractivity contribution in [3.05, 3.63) is 29.8 Å². The summed E-state index contributed by atoms with van der Waals surface area (Å²) in [4.78, 5) is 15.0. The predicted molar refractivity (Wildman–Crippen MR) is 82.0 cm³/mol. The van der Waals surface area contributed by atoms with Crippen molar-refractivity contribution in [2.75, 3.05) is 12.9 Å². The maximum Gasteiger partial charge on any atom is 0.239 e. The number of amides is 1. The second-order valence-electron chi connectivity index (χ2n) is 5.75. The molecule has 3 rings (SSSR count). The van der Waals surface area contributed by atoms with Crippen molar-refractivity contribution < 1.29 is 9.53 Å². The van der Waals surface area contributed by atoms with Gasteiger partial charge in [0.2, 0.25) is 5.91 Å². The fraction of sp³-hybridized carbons (Fsp3) is 0.562. The normalized spacial score (nSPS) is 24.1. The fourth-order valence-corrected chi connectivity index (χ4v) is 3.94. The van der Waals surface area contributed by atoms with E-state index in [1.54, 1.807) is 11.8 Å². The first-order valence-corrected chi connectivity index (χ1v) is 8.46. The maximum absolute atomic E-state index is 13.0. The van der Waals surface area contributed by atoms with Crippen LogP contribution in [0.15, 0.2) is 24.3 Å². The minimum atomic E-state index is -0.173. The van der Waals surface area contributed by atoms with Gasteiger partial charge >= 0.3 is 0 Å². The number of benzene rings is 1. The van der Waals surface area contributed by atoms with Crippen LogP contribution in [0.4, 0.5) is 0 Å². The Labute approximate surface area is 124 Å². The van der Waals surface area contributed by atoms with E-state index in [0.29, 0.717) is 19.1 Å². The lowest BCUT2D eigenvalue weighted by Crippen LogP contribution is -2.53. The standard InChI is InChI=1S/C16H21NO2S/c1-12-11-19-14-7-4-3-6-13(14)10-17(12)15(18)16(20-2)8-5-9-16/h3-4,6-7,12H,5,8-11H2,1-2H3/t12-/m1/s1. The molecule has 1 aromatic rings. The van der Waals surface area contributed by atoms with Crippen LogP contribution in [0.1, 0.15) is 31.7 Å². The van der Waals surface area contributed by atoms with E-state index in [0.717, 1.165) is 24.2 Å². The van der Waals surface area contributed by atoms with Crippen LogP contribution in [0.3, 0.4) is 0 Å². The summed E-state index contributed by atoms with van der Waals surface area (Å²) in [5, 5.41) is 0. The SMILES string of the molecule is CSC1(C(=O)N2Cc3ccccc3OC[C@H]2C)CCC1. The van der Waals surface area contributed by atoms with Gasteiger partial charge in [-0.3, -0.25) is 4.79 Å². The van der Waals surface area contributed by atoms with Gasteiger partial charge in [0.05, 0.1) is 10.8 Å². The third kappa shape index (κ3) is 2.20. The van der Waals surface area contributed by atoms with Crippen molar-refractivity contribution in [3.63, 3.8) is 0 Å². The second kappa shape index (κ2) is 5.32. The number of carbonyl (C=O) groups excluding carboxylic acids is 1. The summed E-state index contributed by atoms with van der Waals surface area (Å²) in [6, 6.07) is 8.16. The molecule has 1 aliphatic heterocycles. The van der Waals surface area contributed by atoms with Gasteiger partial charge in [-0.05, 0) is 38.5 Å². The molecule has 1 aliphatic carbocycles. The third-order valence-corrected chi connectivity index (χ3v) is 5.89. The molecule has 1 amide bonds. The van der Waals surface area contributed by atoms with Crippen molar-refractivity contribution in [1.29, 1.82) is 0 Å². The second-order valence-corrected chi connectivity index (χ2v) is 6.94. The molecule has 1 heterocycles. The summed E-state index contributed by atoms with van der Waals surface area (Å²) in [5.41, 5.74) is 1.11. The molecule has 1 aromatic carbocycles. The van der Waals surface area contributed by atoms with Crippen molar-refractivity contribution >= 4 is 17.7 Å². The summed E-state index contributed by atoms with van der Waals surface area (Å²) in [7, 11) is 0. The predicted octanol–water partition coefficient (Wildman–Crippen LogP) is 3.08. The van der Waals surface area contributed by atoms with Gasteiger partial charge in [-0.15, -0.1) is 11.8 Å². The van der Waals surface area contributed by atoms with Gasteiger partial charge in [-0.2, -0.15) is 0 Å². The lowest BCUT2D eigenvalue weighted by molar-refractivity contribution is -0.139. The summed E-state index contributed by atoms with van der Waals surface area (Å²) in [6.07, 6.45) is 5.25. The van der Waals surface area contributed by atoms with E-state index in [2.05, 4.69) is 19.2 Å². The number of carbonyl (C=O) groups is 1. The van der Waals surface area contributed by atoms with Crippen LogP contribution in [0.25, 0.3) is 0 Å².